The third-order valence-electron chi connectivity index (χ3n) is 8.90. The number of fused-ring (bicyclic) bond motifs is 5. The van der Waals surface area contributed by atoms with E-state index in [0.29, 0.717) is 11.5 Å². The Bertz CT molecular complexity index is 508. The van der Waals surface area contributed by atoms with Crippen molar-refractivity contribution in [3.05, 3.63) is 12.2 Å². The molecule has 4 fully saturated rings. The summed E-state index contributed by atoms with van der Waals surface area (Å²) in [6, 6.07) is 0. The Morgan fingerprint density at radius 3 is 2.68 bits per heavy atom. The van der Waals surface area contributed by atoms with E-state index >= 15 is 0 Å². The van der Waals surface area contributed by atoms with Crippen molar-refractivity contribution in [3.8, 4) is 0 Å². The van der Waals surface area contributed by atoms with Crippen LogP contribution in [0.3, 0.4) is 0 Å². The minimum atomic E-state index is 0.0891. The van der Waals surface area contributed by atoms with Crippen LogP contribution in [0.5, 0.6) is 0 Å². The maximum absolute atomic E-state index is 6.58. The molecule has 1 aliphatic heterocycles. The largest absolute Gasteiger partial charge is 0.353 e. The van der Waals surface area contributed by atoms with Gasteiger partial charge in [-0.15, -0.1) is 0 Å². The quantitative estimate of drug-likeness (QED) is 0.597. The van der Waals surface area contributed by atoms with E-state index in [2.05, 4.69) is 19.1 Å². The average Bonchev–Trinajstić information content (AvgIpc) is 2.99. The zero-order valence-corrected chi connectivity index (χ0v) is 16.0. The van der Waals surface area contributed by atoms with Crippen LogP contribution in [0.15, 0.2) is 12.2 Å². The number of rotatable bonds is 2. The predicted molar refractivity (Wildman–Crippen MR) is 100 cm³/mol. The van der Waals surface area contributed by atoms with E-state index in [4.69, 9.17) is 9.47 Å². The van der Waals surface area contributed by atoms with Gasteiger partial charge in [0, 0.05) is 6.61 Å². The van der Waals surface area contributed by atoms with Gasteiger partial charge in [-0.05, 0) is 106 Å². The highest BCUT2D eigenvalue weighted by molar-refractivity contribution is 5.08. The van der Waals surface area contributed by atoms with Gasteiger partial charge in [0.2, 0.25) is 0 Å². The zero-order chi connectivity index (χ0) is 16.9. The molecule has 5 aliphatic rings. The van der Waals surface area contributed by atoms with Crippen LogP contribution in [-0.2, 0) is 9.47 Å². The van der Waals surface area contributed by atoms with Gasteiger partial charge in [-0.25, -0.2) is 0 Å². The monoisotopic (exact) mass is 344 g/mol. The van der Waals surface area contributed by atoms with Crippen molar-refractivity contribution in [2.75, 3.05) is 6.61 Å². The van der Waals surface area contributed by atoms with Crippen LogP contribution in [0.25, 0.3) is 0 Å². The van der Waals surface area contributed by atoms with Crippen molar-refractivity contribution in [3.63, 3.8) is 0 Å². The summed E-state index contributed by atoms with van der Waals surface area (Å²) in [6.07, 6.45) is 20.3. The van der Waals surface area contributed by atoms with Gasteiger partial charge in [0.25, 0.3) is 0 Å². The van der Waals surface area contributed by atoms with Crippen molar-refractivity contribution >= 4 is 0 Å². The lowest BCUT2D eigenvalue weighted by Crippen LogP contribution is -2.49. The van der Waals surface area contributed by atoms with Gasteiger partial charge in [0.15, 0.2) is 6.29 Å². The average molecular weight is 345 g/mol. The van der Waals surface area contributed by atoms with Crippen molar-refractivity contribution in [1.82, 2.24) is 0 Å². The molecule has 0 spiro atoms. The van der Waals surface area contributed by atoms with Gasteiger partial charge >= 0.3 is 0 Å². The van der Waals surface area contributed by atoms with Crippen molar-refractivity contribution in [2.24, 2.45) is 35.0 Å². The lowest BCUT2D eigenvalue weighted by Gasteiger charge is -2.55. The van der Waals surface area contributed by atoms with E-state index in [9.17, 15) is 0 Å². The molecule has 25 heavy (non-hydrogen) atoms. The molecule has 1 saturated heterocycles. The molecule has 2 heteroatoms. The fourth-order valence-electron chi connectivity index (χ4n) is 7.60. The summed E-state index contributed by atoms with van der Waals surface area (Å²) >= 11 is 0. The van der Waals surface area contributed by atoms with Crippen LogP contribution in [0, 0.1) is 35.0 Å². The van der Waals surface area contributed by atoms with Crippen LogP contribution < -0.4 is 0 Å². The van der Waals surface area contributed by atoms with Gasteiger partial charge in [-0.3, -0.25) is 0 Å². The van der Waals surface area contributed by atoms with Crippen molar-refractivity contribution in [1.29, 1.82) is 0 Å². The molecule has 0 amide bonds. The van der Waals surface area contributed by atoms with Gasteiger partial charge < -0.3 is 9.47 Å². The van der Waals surface area contributed by atoms with Gasteiger partial charge in [0.05, 0.1) is 6.10 Å². The van der Waals surface area contributed by atoms with Crippen LogP contribution in [0.1, 0.15) is 77.6 Å². The molecule has 5 rings (SSSR count). The van der Waals surface area contributed by atoms with Crippen LogP contribution in [0.2, 0.25) is 0 Å². The van der Waals surface area contributed by atoms with Crippen LogP contribution in [-0.4, -0.2) is 19.0 Å². The first-order valence-corrected chi connectivity index (χ1v) is 11.2. The standard InChI is InChI=1S/C23H36O2/c1-23-14-13-18-17-7-3-2-6-16(17)9-10-19(18)20(23)11-12-21(23)25-22-8-4-5-15-24-22/h2-3,16-22H,4-15H2,1H3/t16-,17+,18-,19-,20+,21+,22?,23+/m1/s1. The number of hydrogen-bond acceptors (Lipinski definition) is 2. The highest BCUT2D eigenvalue weighted by atomic mass is 16.7. The van der Waals surface area contributed by atoms with Crippen molar-refractivity contribution in [2.45, 2.75) is 89.9 Å². The maximum atomic E-state index is 6.58. The summed E-state index contributed by atoms with van der Waals surface area (Å²) in [5.41, 5.74) is 0.416. The highest BCUT2D eigenvalue weighted by Gasteiger charge is 2.57. The molecule has 1 unspecified atom stereocenters. The molecule has 0 N–H and O–H groups in total. The first-order valence-electron chi connectivity index (χ1n) is 11.2. The Balaban J connectivity index is 1.31. The molecule has 0 aromatic rings. The molecular formula is C23H36O2. The highest BCUT2D eigenvalue weighted by Crippen LogP contribution is 2.62. The molecule has 140 valence electrons. The fourth-order valence-corrected chi connectivity index (χ4v) is 7.60. The summed E-state index contributed by atoms with van der Waals surface area (Å²) in [4.78, 5) is 0. The van der Waals surface area contributed by atoms with Gasteiger partial charge in [0.1, 0.15) is 0 Å². The van der Waals surface area contributed by atoms with E-state index in [0.717, 1.165) is 42.6 Å². The summed E-state index contributed by atoms with van der Waals surface area (Å²) in [6.45, 7) is 3.47. The summed E-state index contributed by atoms with van der Waals surface area (Å²) in [5, 5.41) is 0. The topological polar surface area (TPSA) is 18.5 Å². The Morgan fingerprint density at radius 2 is 1.80 bits per heavy atom. The van der Waals surface area contributed by atoms with E-state index in [1.54, 1.807) is 0 Å². The first kappa shape index (κ1) is 16.8. The second-order valence-corrected chi connectivity index (χ2v) is 9.92. The summed E-state index contributed by atoms with van der Waals surface area (Å²) in [5.74, 6) is 4.89. The fraction of sp³-hybridized carbons (Fsp3) is 0.913. The third kappa shape index (κ3) is 2.83. The number of ether oxygens (including phenoxy) is 2. The predicted octanol–water partition coefficient (Wildman–Crippen LogP) is 5.72. The van der Waals surface area contributed by atoms with E-state index in [1.807, 2.05) is 0 Å². The molecule has 1 heterocycles. The molecule has 8 atom stereocenters. The van der Waals surface area contributed by atoms with Crippen LogP contribution >= 0.6 is 0 Å². The minimum absolute atomic E-state index is 0.0891. The second-order valence-electron chi connectivity index (χ2n) is 9.92. The lowest BCUT2D eigenvalue weighted by atomic mass is 9.51. The molecular weight excluding hydrogens is 308 g/mol. The van der Waals surface area contributed by atoms with Crippen LogP contribution in [0.4, 0.5) is 0 Å². The molecule has 0 bridgehead atoms. The number of hydrogen-bond donors (Lipinski definition) is 0. The van der Waals surface area contributed by atoms with E-state index in [-0.39, 0.29) is 6.29 Å². The van der Waals surface area contributed by atoms with Crippen molar-refractivity contribution < 1.29 is 9.47 Å². The Hall–Kier alpha value is -0.340. The first-order chi connectivity index (χ1) is 12.3. The smallest absolute Gasteiger partial charge is 0.157 e. The lowest BCUT2D eigenvalue weighted by molar-refractivity contribution is -0.215. The molecule has 0 radical (unpaired) electrons. The zero-order valence-electron chi connectivity index (χ0n) is 16.0. The molecule has 2 nitrogen and oxygen atoms in total. The minimum Gasteiger partial charge on any atom is -0.353 e. The molecule has 0 aromatic heterocycles. The Morgan fingerprint density at radius 1 is 0.880 bits per heavy atom. The Kier molecular flexibility index (Phi) is 4.49. The number of allylic oxidation sites excluding steroid dienone is 2. The second kappa shape index (κ2) is 6.68. The normalized spacial score (nSPS) is 52.3. The summed E-state index contributed by atoms with van der Waals surface area (Å²) in [7, 11) is 0. The van der Waals surface area contributed by atoms with Gasteiger partial charge in [-0.1, -0.05) is 19.1 Å². The molecule has 3 saturated carbocycles. The van der Waals surface area contributed by atoms with Gasteiger partial charge in [-0.2, -0.15) is 0 Å². The van der Waals surface area contributed by atoms with E-state index in [1.165, 1.54) is 64.2 Å². The molecule has 0 aromatic carbocycles. The third-order valence-corrected chi connectivity index (χ3v) is 8.90. The SMILES string of the molecule is C[C@]12CC[C@H]3[C@@H](CC[C@H]4CC=CC[C@@H]43)[C@@H]1CC[C@@H]2OC1CCCCO1. The Labute approximate surface area is 153 Å². The maximum Gasteiger partial charge on any atom is 0.157 e. The molecule has 4 aliphatic carbocycles. The van der Waals surface area contributed by atoms with E-state index < -0.39 is 0 Å². The summed E-state index contributed by atoms with van der Waals surface area (Å²) < 4.78 is 12.5.